The number of nitrogens with two attached hydrogens (primary N) is 1. The Bertz CT molecular complexity index is 287. The van der Waals surface area contributed by atoms with Crippen molar-refractivity contribution in [3.63, 3.8) is 0 Å². The van der Waals surface area contributed by atoms with Gasteiger partial charge in [0.05, 0.1) is 6.61 Å². The minimum atomic E-state index is 0.606. The van der Waals surface area contributed by atoms with E-state index in [1.54, 1.807) is 7.11 Å². The van der Waals surface area contributed by atoms with Gasteiger partial charge in [-0.05, 0) is 31.6 Å². The van der Waals surface area contributed by atoms with Crippen molar-refractivity contribution < 1.29 is 4.74 Å². The second-order valence-corrected chi connectivity index (χ2v) is 5.71. The molecule has 19 heavy (non-hydrogen) atoms. The number of ether oxygens (including phenoxy) is 1. The van der Waals surface area contributed by atoms with Crippen LogP contribution in [-0.4, -0.2) is 56.8 Å². The van der Waals surface area contributed by atoms with Crippen LogP contribution in [0.4, 0.5) is 0 Å². The summed E-state index contributed by atoms with van der Waals surface area (Å²) >= 11 is 0. The van der Waals surface area contributed by atoms with Crippen molar-refractivity contribution in [3.8, 4) is 0 Å². The van der Waals surface area contributed by atoms with Gasteiger partial charge in [-0.3, -0.25) is 9.89 Å². The van der Waals surface area contributed by atoms with Gasteiger partial charge in [-0.2, -0.15) is 0 Å². The van der Waals surface area contributed by atoms with Gasteiger partial charge < -0.3 is 15.8 Å². The second kappa shape index (κ2) is 7.70. The molecule has 0 unspecified atom stereocenters. The zero-order valence-corrected chi connectivity index (χ0v) is 12.1. The lowest BCUT2D eigenvalue weighted by Gasteiger charge is -2.23. The van der Waals surface area contributed by atoms with Gasteiger partial charge in [0.15, 0.2) is 5.96 Å². The van der Waals surface area contributed by atoms with Crippen LogP contribution in [0.3, 0.4) is 0 Å². The third-order valence-corrected chi connectivity index (χ3v) is 4.10. The summed E-state index contributed by atoms with van der Waals surface area (Å²) in [5.41, 5.74) is 5.87. The topological polar surface area (TPSA) is 62.9 Å². The van der Waals surface area contributed by atoms with Crippen molar-refractivity contribution in [2.45, 2.75) is 38.1 Å². The maximum Gasteiger partial charge on any atom is 0.188 e. The van der Waals surface area contributed by atoms with Crippen LogP contribution in [0.1, 0.15) is 32.1 Å². The van der Waals surface area contributed by atoms with Crippen LogP contribution in [0.2, 0.25) is 0 Å². The Morgan fingerprint density at radius 3 is 2.68 bits per heavy atom. The van der Waals surface area contributed by atoms with Gasteiger partial charge >= 0.3 is 0 Å². The molecule has 0 aromatic heterocycles. The Balaban J connectivity index is 1.57. The zero-order chi connectivity index (χ0) is 13.5. The molecular weight excluding hydrogens is 240 g/mol. The molecular formula is C14H28N4O. The molecule has 2 saturated carbocycles. The predicted octanol–water partition coefficient (Wildman–Crippen LogP) is 0.802. The summed E-state index contributed by atoms with van der Waals surface area (Å²) in [7, 11) is 1.76. The molecule has 0 radical (unpaired) electrons. The molecule has 0 aromatic carbocycles. The lowest BCUT2D eigenvalue weighted by Crippen LogP contribution is -2.40. The maximum atomic E-state index is 5.87. The normalized spacial score (nSPS) is 20.6. The quantitative estimate of drug-likeness (QED) is 0.480. The average Bonchev–Trinajstić information content (AvgIpc) is 3.15. The number of methoxy groups -OCH3 is 1. The first kappa shape index (κ1) is 14.6. The van der Waals surface area contributed by atoms with E-state index >= 15 is 0 Å². The average molecular weight is 268 g/mol. The largest absolute Gasteiger partial charge is 0.383 e. The van der Waals surface area contributed by atoms with Gasteiger partial charge in [0, 0.05) is 39.3 Å². The summed E-state index contributed by atoms with van der Waals surface area (Å²) in [4.78, 5) is 6.89. The molecule has 0 amide bonds. The van der Waals surface area contributed by atoms with Crippen LogP contribution in [-0.2, 0) is 4.74 Å². The van der Waals surface area contributed by atoms with Crippen molar-refractivity contribution in [2.24, 2.45) is 16.6 Å². The highest BCUT2D eigenvalue weighted by Gasteiger charge is 2.28. The Morgan fingerprint density at radius 2 is 2.11 bits per heavy atom. The lowest BCUT2D eigenvalue weighted by atomic mass is 9.86. The van der Waals surface area contributed by atoms with Gasteiger partial charge in [-0.15, -0.1) is 0 Å². The van der Waals surface area contributed by atoms with Gasteiger partial charge in [0.25, 0.3) is 0 Å². The highest BCUT2D eigenvalue weighted by Crippen LogP contribution is 2.26. The summed E-state index contributed by atoms with van der Waals surface area (Å²) in [5.74, 6) is 1.39. The molecule has 0 atom stereocenters. The Morgan fingerprint density at radius 1 is 1.32 bits per heavy atom. The Labute approximate surface area is 116 Å². The first-order valence-electron chi connectivity index (χ1n) is 7.56. The van der Waals surface area contributed by atoms with Gasteiger partial charge in [0.1, 0.15) is 0 Å². The van der Waals surface area contributed by atoms with Crippen molar-refractivity contribution in [2.75, 3.05) is 39.9 Å². The smallest absolute Gasteiger partial charge is 0.188 e. The van der Waals surface area contributed by atoms with E-state index in [-0.39, 0.29) is 0 Å². The highest BCUT2D eigenvalue weighted by molar-refractivity contribution is 5.77. The molecule has 5 heteroatoms. The van der Waals surface area contributed by atoms with Crippen molar-refractivity contribution in [1.29, 1.82) is 0 Å². The summed E-state index contributed by atoms with van der Waals surface area (Å²) in [6.45, 7) is 4.62. The molecule has 5 nitrogen and oxygen atoms in total. The van der Waals surface area contributed by atoms with E-state index in [4.69, 9.17) is 10.5 Å². The number of hydrogen-bond acceptors (Lipinski definition) is 3. The summed E-state index contributed by atoms with van der Waals surface area (Å²) in [5, 5.41) is 3.22. The van der Waals surface area contributed by atoms with Crippen LogP contribution in [0.25, 0.3) is 0 Å². The Hall–Kier alpha value is -0.810. The van der Waals surface area contributed by atoms with E-state index in [1.807, 2.05) is 0 Å². The molecule has 3 N–H and O–H groups in total. The number of rotatable bonds is 9. The molecule has 2 aliphatic rings. The number of nitrogens with one attached hydrogen (secondary N) is 1. The Kier molecular flexibility index (Phi) is 5.92. The summed E-state index contributed by atoms with van der Waals surface area (Å²) in [6.07, 6.45) is 6.67. The summed E-state index contributed by atoms with van der Waals surface area (Å²) < 4.78 is 5.15. The molecule has 0 spiro atoms. The third-order valence-electron chi connectivity index (χ3n) is 4.10. The molecule has 2 aliphatic carbocycles. The van der Waals surface area contributed by atoms with Crippen molar-refractivity contribution in [3.05, 3.63) is 0 Å². The fourth-order valence-corrected chi connectivity index (χ4v) is 2.41. The van der Waals surface area contributed by atoms with E-state index in [1.165, 1.54) is 32.1 Å². The third kappa shape index (κ3) is 5.37. The SMILES string of the molecule is COCCN(CCNC(N)=NCC1CCC1)C1CC1. The van der Waals surface area contributed by atoms with E-state index in [0.717, 1.165) is 44.7 Å². The molecule has 0 aromatic rings. The van der Waals surface area contributed by atoms with Crippen molar-refractivity contribution >= 4 is 5.96 Å². The van der Waals surface area contributed by atoms with Gasteiger partial charge in [-0.25, -0.2) is 0 Å². The standard InChI is InChI=1S/C14H28N4O/c1-19-10-9-18(13-5-6-13)8-7-16-14(15)17-11-12-3-2-4-12/h12-13H,2-11H2,1H3,(H3,15,16,17). The van der Waals surface area contributed by atoms with E-state index in [2.05, 4.69) is 15.2 Å². The van der Waals surface area contributed by atoms with Gasteiger partial charge in [0.2, 0.25) is 0 Å². The minimum absolute atomic E-state index is 0.606. The molecule has 0 saturated heterocycles. The van der Waals surface area contributed by atoms with E-state index in [9.17, 15) is 0 Å². The molecule has 0 aliphatic heterocycles. The van der Waals surface area contributed by atoms with Crippen LogP contribution >= 0.6 is 0 Å². The van der Waals surface area contributed by atoms with Gasteiger partial charge in [-0.1, -0.05) is 6.42 Å². The molecule has 0 heterocycles. The minimum Gasteiger partial charge on any atom is -0.383 e. The number of guanidine groups is 1. The number of hydrogen-bond donors (Lipinski definition) is 2. The van der Waals surface area contributed by atoms with E-state index in [0.29, 0.717) is 5.96 Å². The predicted molar refractivity (Wildman–Crippen MR) is 78.3 cm³/mol. The van der Waals surface area contributed by atoms with Crippen LogP contribution in [0.15, 0.2) is 4.99 Å². The fourth-order valence-electron chi connectivity index (χ4n) is 2.41. The second-order valence-electron chi connectivity index (χ2n) is 5.71. The molecule has 110 valence electrons. The maximum absolute atomic E-state index is 5.87. The molecule has 0 bridgehead atoms. The zero-order valence-electron chi connectivity index (χ0n) is 12.1. The van der Waals surface area contributed by atoms with Crippen LogP contribution < -0.4 is 11.1 Å². The first-order chi connectivity index (χ1) is 9.29. The fraction of sp³-hybridized carbons (Fsp3) is 0.929. The first-order valence-corrected chi connectivity index (χ1v) is 7.56. The highest BCUT2D eigenvalue weighted by atomic mass is 16.5. The monoisotopic (exact) mass is 268 g/mol. The van der Waals surface area contributed by atoms with Crippen LogP contribution in [0, 0.1) is 5.92 Å². The van der Waals surface area contributed by atoms with Crippen molar-refractivity contribution in [1.82, 2.24) is 10.2 Å². The number of nitrogens with zero attached hydrogens (tertiary/aromatic N) is 2. The molecule has 2 fully saturated rings. The number of aliphatic imine (C=N–C) groups is 1. The lowest BCUT2D eigenvalue weighted by molar-refractivity contribution is 0.144. The van der Waals surface area contributed by atoms with E-state index < -0.39 is 0 Å². The van der Waals surface area contributed by atoms with Crippen LogP contribution in [0.5, 0.6) is 0 Å². The summed E-state index contributed by atoms with van der Waals surface area (Å²) in [6, 6.07) is 0.769. The molecule has 2 rings (SSSR count).